The molecule has 1 aromatic heterocycles. The predicted octanol–water partition coefficient (Wildman–Crippen LogP) is 4.47. The van der Waals surface area contributed by atoms with E-state index in [1.54, 1.807) is 6.20 Å². The van der Waals surface area contributed by atoms with Gasteiger partial charge in [-0.3, -0.25) is 9.78 Å². The van der Waals surface area contributed by atoms with Crippen LogP contribution in [-0.4, -0.2) is 16.1 Å². The van der Waals surface area contributed by atoms with Gasteiger partial charge in [-0.1, -0.05) is 42.0 Å². The number of carboxylic acid groups (broad SMARTS) is 1. The molecule has 0 aliphatic carbocycles. The van der Waals surface area contributed by atoms with Gasteiger partial charge in [0.15, 0.2) is 0 Å². The summed E-state index contributed by atoms with van der Waals surface area (Å²) in [6, 6.07) is 12.4. The molecule has 0 saturated carbocycles. The SMILES string of the molecule is Cc1ccc(/C(=C\CCCCC(=O)O)c2cccnc2)cc1. The molecule has 0 atom stereocenters. The summed E-state index contributed by atoms with van der Waals surface area (Å²) < 4.78 is 0. The summed E-state index contributed by atoms with van der Waals surface area (Å²) >= 11 is 0. The van der Waals surface area contributed by atoms with Gasteiger partial charge in [0.1, 0.15) is 0 Å². The van der Waals surface area contributed by atoms with Gasteiger partial charge in [0.25, 0.3) is 0 Å². The third kappa shape index (κ3) is 4.85. The lowest BCUT2D eigenvalue weighted by molar-refractivity contribution is -0.137. The van der Waals surface area contributed by atoms with Gasteiger partial charge in [-0.05, 0) is 43.4 Å². The Kier molecular flexibility index (Phi) is 5.90. The Morgan fingerprint density at radius 1 is 1.14 bits per heavy atom. The van der Waals surface area contributed by atoms with Crippen LogP contribution in [0.5, 0.6) is 0 Å². The molecule has 1 aromatic carbocycles. The zero-order chi connectivity index (χ0) is 15.8. The van der Waals surface area contributed by atoms with E-state index in [0.29, 0.717) is 6.42 Å². The summed E-state index contributed by atoms with van der Waals surface area (Å²) in [5.41, 5.74) is 4.64. The molecule has 2 aromatic rings. The zero-order valence-corrected chi connectivity index (χ0v) is 12.8. The second kappa shape index (κ2) is 8.13. The van der Waals surface area contributed by atoms with Crippen LogP contribution in [0.15, 0.2) is 54.9 Å². The van der Waals surface area contributed by atoms with Crippen molar-refractivity contribution in [2.45, 2.75) is 32.6 Å². The van der Waals surface area contributed by atoms with Crippen molar-refractivity contribution in [3.63, 3.8) is 0 Å². The highest BCUT2D eigenvalue weighted by Crippen LogP contribution is 2.24. The molecule has 1 heterocycles. The number of nitrogens with zero attached hydrogens (tertiary/aromatic N) is 1. The summed E-state index contributed by atoms with van der Waals surface area (Å²) in [6.07, 6.45) is 8.50. The highest BCUT2D eigenvalue weighted by Gasteiger charge is 2.05. The molecule has 0 unspecified atom stereocenters. The number of hydrogen-bond donors (Lipinski definition) is 1. The molecule has 0 spiro atoms. The molecule has 2 rings (SSSR count). The molecule has 0 radical (unpaired) electrons. The molecular formula is C19H21NO2. The van der Waals surface area contributed by atoms with E-state index in [9.17, 15) is 4.79 Å². The van der Waals surface area contributed by atoms with Crippen molar-refractivity contribution >= 4 is 11.5 Å². The number of benzene rings is 1. The minimum Gasteiger partial charge on any atom is -0.481 e. The topological polar surface area (TPSA) is 50.2 Å². The Morgan fingerprint density at radius 2 is 1.91 bits per heavy atom. The molecule has 114 valence electrons. The van der Waals surface area contributed by atoms with Crippen LogP contribution in [0.2, 0.25) is 0 Å². The van der Waals surface area contributed by atoms with Crippen molar-refractivity contribution < 1.29 is 9.90 Å². The summed E-state index contributed by atoms with van der Waals surface area (Å²) in [6.45, 7) is 2.07. The van der Waals surface area contributed by atoms with Crippen LogP contribution >= 0.6 is 0 Å². The molecule has 22 heavy (non-hydrogen) atoms. The third-order valence-corrected chi connectivity index (χ3v) is 3.53. The fourth-order valence-corrected chi connectivity index (χ4v) is 2.32. The van der Waals surface area contributed by atoms with Crippen molar-refractivity contribution in [2.75, 3.05) is 0 Å². The summed E-state index contributed by atoms with van der Waals surface area (Å²) in [4.78, 5) is 14.7. The van der Waals surface area contributed by atoms with Gasteiger partial charge >= 0.3 is 5.97 Å². The molecule has 0 amide bonds. The normalized spacial score (nSPS) is 11.4. The van der Waals surface area contributed by atoms with Gasteiger partial charge in [0, 0.05) is 24.4 Å². The molecular weight excluding hydrogens is 274 g/mol. The average Bonchev–Trinajstić information content (AvgIpc) is 2.53. The predicted molar refractivity (Wildman–Crippen MR) is 88.6 cm³/mol. The number of pyridine rings is 1. The molecule has 3 nitrogen and oxygen atoms in total. The maximum Gasteiger partial charge on any atom is 0.303 e. The fraction of sp³-hybridized carbons (Fsp3) is 0.263. The van der Waals surface area contributed by atoms with Gasteiger partial charge in [0.05, 0.1) is 0 Å². The van der Waals surface area contributed by atoms with Crippen LogP contribution in [0.1, 0.15) is 42.4 Å². The van der Waals surface area contributed by atoms with Crippen molar-refractivity contribution in [2.24, 2.45) is 0 Å². The van der Waals surface area contributed by atoms with E-state index in [1.165, 1.54) is 5.56 Å². The van der Waals surface area contributed by atoms with E-state index in [0.717, 1.165) is 29.5 Å². The molecule has 0 saturated heterocycles. The lowest BCUT2D eigenvalue weighted by atomic mass is 9.96. The van der Waals surface area contributed by atoms with E-state index in [2.05, 4.69) is 48.3 Å². The number of hydrogen-bond acceptors (Lipinski definition) is 2. The number of unbranched alkanes of at least 4 members (excludes halogenated alkanes) is 2. The van der Waals surface area contributed by atoms with Gasteiger partial charge in [-0.15, -0.1) is 0 Å². The summed E-state index contributed by atoms with van der Waals surface area (Å²) in [5.74, 6) is -0.727. The minimum atomic E-state index is -0.727. The Morgan fingerprint density at radius 3 is 2.55 bits per heavy atom. The Bertz CT molecular complexity index is 630. The molecule has 1 N–H and O–H groups in total. The number of aryl methyl sites for hydroxylation is 1. The largest absolute Gasteiger partial charge is 0.481 e. The fourth-order valence-electron chi connectivity index (χ4n) is 2.32. The van der Waals surface area contributed by atoms with Crippen LogP contribution in [0, 0.1) is 6.92 Å². The van der Waals surface area contributed by atoms with E-state index in [4.69, 9.17) is 5.11 Å². The second-order valence-corrected chi connectivity index (χ2v) is 5.37. The van der Waals surface area contributed by atoms with Crippen LogP contribution in [0.4, 0.5) is 0 Å². The smallest absolute Gasteiger partial charge is 0.303 e. The Hall–Kier alpha value is -2.42. The van der Waals surface area contributed by atoms with Crippen molar-refractivity contribution in [1.82, 2.24) is 4.98 Å². The Balaban J connectivity index is 2.15. The minimum absolute atomic E-state index is 0.237. The monoisotopic (exact) mass is 295 g/mol. The van der Waals surface area contributed by atoms with Crippen LogP contribution in [0.25, 0.3) is 5.57 Å². The highest BCUT2D eigenvalue weighted by molar-refractivity contribution is 5.79. The lowest BCUT2D eigenvalue weighted by Crippen LogP contribution is -1.93. The van der Waals surface area contributed by atoms with E-state index >= 15 is 0 Å². The summed E-state index contributed by atoms with van der Waals surface area (Å²) in [5, 5.41) is 8.68. The van der Waals surface area contributed by atoms with Gasteiger partial charge in [-0.25, -0.2) is 0 Å². The van der Waals surface area contributed by atoms with Gasteiger partial charge < -0.3 is 5.11 Å². The van der Waals surface area contributed by atoms with Crippen molar-refractivity contribution in [1.29, 1.82) is 0 Å². The third-order valence-electron chi connectivity index (χ3n) is 3.53. The first-order chi connectivity index (χ1) is 10.7. The van der Waals surface area contributed by atoms with Crippen LogP contribution < -0.4 is 0 Å². The standard InChI is InChI=1S/C19H21NO2/c1-15-9-11-16(12-10-15)18(17-6-5-13-20-14-17)7-3-2-4-8-19(21)22/h5-7,9-14H,2-4,8H2,1H3,(H,21,22)/b18-7+. The average molecular weight is 295 g/mol. The zero-order valence-electron chi connectivity index (χ0n) is 12.8. The number of carboxylic acids is 1. The Labute approximate surface area is 131 Å². The number of allylic oxidation sites excluding steroid dienone is 1. The first kappa shape index (κ1) is 16.0. The molecule has 0 aliphatic heterocycles. The first-order valence-corrected chi connectivity index (χ1v) is 7.56. The van der Waals surface area contributed by atoms with E-state index in [1.807, 2.05) is 12.3 Å². The lowest BCUT2D eigenvalue weighted by Gasteiger charge is -2.09. The molecule has 3 heteroatoms. The van der Waals surface area contributed by atoms with E-state index < -0.39 is 5.97 Å². The number of aromatic nitrogens is 1. The number of rotatable bonds is 7. The molecule has 0 aliphatic rings. The number of carbonyl (C=O) groups is 1. The highest BCUT2D eigenvalue weighted by atomic mass is 16.4. The second-order valence-electron chi connectivity index (χ2n) is 5.37. The molecule has 0 fully saturated rings. The maximum absolute atomic E-state index is 10.5. The quantitative estimate of drug-likeness (QED) is 0.767. The summed E-state index contributed by atoms with van der Waals surface area (Å²) in [7, 11) is 0. The van der Waals surface area contributed by atoms with Gasteiger partial charge in [0.2, 0.25) is 0 Å². The van der Waals surface area contributed by atoms with Crippen molar-refractivity contribution in [3.05, 3.63) is 71.6 Å². The number of aliphatic carboxylic acids is 1. The van der Waals surface area contributed by atoms with Crippen molar-refractivity contribution in [3.8, 4) is 0 Å². The van der Waals surface area contributed by atoms with E-state index in [-0.39, 0.29) is 6.42 Å². The van der Waals surface area contributed by atoms with Crippen LogP contribution in [0.3, 0.4) is 0 Å². The molecule has 0 bridgehead atoms. The van der Waals surface area contributed by atoms with Gasteiger partial charge in [-0.2, -0.15) is 0 Å². The first-order valence-electron chi connectivity index (χ1n) is 7.56. The maximum atomic E-state index is 10.5. The van der Waals surface area contributed by atoms with Crippen LogP contribution in [-0.2, 0) is 4.79 Å².